The standard InChI is InChI=1S/C18H21F2N3O2/c1-2-12(24)8-9-21-18(25)17-13-4-3-5-16(13)23(22-17)11-6-7-14(19)15(20)10-11/h6-7,10,12,24H,2-5,8-9H2,1H3,(H,21,25). The van der Waals surface area contributed by atoms with Crippen LogP contribution in [-0.4, -0.2) is 33.4 Å². The summed E-state index contributed by atoms with van der Waals surface area (Å²) in [6, 6.07) is 3.59. The number of carbonyl (C=O) groups is 1. The molecule has 0 saturated heterocycles. The zero-order valence-electron chi connectivity index (χ0n) is 14.1. The van der Waals surface area contributed by atoms with Gasteiger partial charge in [-0.2, -0.15) is 5.10 Å². The van der Waals surface area contributed by atoms with Crippen molar-refractivity contribution in [2.24, 2.45) is 0 Å². The topological polar surface area (TPSA) is 67.2 Å². The lowest BCUT2D eigenvalue weighted by atomic mass is 10.2. The molecule has 0 spiro atoms. The molecule has 134 valence electrons. The molecule has 0 bridgehead atoms. The van der Waals surface area contributed by atoms with Crippen LogP contribution in [0, 0.1) is 11.6 Å². The molecule has 2 N–H and O–H groups in total. The van der Waals surface area contributed by atoms with E-state index in [4.69, 9.17) is 0 Å². The van der Waals surface area contributed by atoms with Gasteiger partial charge >= 0.3 is 0 Å². The molecule has 3 rings (SSSR count). The van der Waals surface area contributed by atoms with Crippen molar-refractivity contribution in [2.75, 3.05) is 6.54 Å². The van der Waals surface area contributed by atoms with Gasteiger partial charge in [0.15, 0.2) is 17.3 Å². The number of rotatable bonds is 6. The van der Waals surface area contributed by atoms with Crippen LogP contribution in [0.15, 0.2) is 18.2 Å². The molecule has 1 heterocycles. The first-order valence-corrected chi connectivity index (χ1v) is 8.53. The zero-order valence-corrected chi connectivity index (χ0v) is 14.1. The van der Waals surface area contributed by atoms with Gasteiger partial charge < -0.3 is 10.4 Å². The molecule has 1 aromatic heterocycles. The average molecular weight is 349 g/mol. The highest BCUT2D eigenvalue weighted by Crippen LogP contribution is 2.28. The van der Waals surface area contributed by atoms with Gasteiger partial charge in [0.05, 0.1) is 11.8 Å². The van der Waals surface area contributed by atoms with E-state index in [1.807, 2.05) is 6.92 Å². The normalized spacial score (nSPS) is 14.4. The number of nitrogens with one attached hydrogen (secondary N) is 1. The van der Waals surface area contributed by atoms with Gasteiger partial charge in [-0.05, 0) is 44.2 Å². The van der Waals surface area contributed by atoms with Gasteiger partial charge in [-0.25, -0.2) is 13.5 Å². The summed E-state index contributed by atoms with van der Waals surface area (Å²) in [6.45, 7) is 2.24. The first-order valence-electron chi connectivity index (χ1n) is 8.53. The molecule has 1 aromatic carbocycles. The Hall–Kier alpha value is -2.28. The van der Waals surface area contributed by atoms with Crippen LogP contribution in [0.2, 0.25) is 0 Å². The number of fused-ring (bicyclic) bond motifs is 1. The molecule has 0 radical (unpaired) electrons. The van der Waals surface area contributed by atoms with E-state index in [-0.39, 0.29) is 5.91 Å². The maximum atomic E-state index is 13.5. The molecule has 0 fully saturated rings. The molecule has 25 heavy (non-hydrogen) atoms. The van der Waals surface area contributed by atoms with Crippen molar-refractivity contribution in [3.05, 3.63) is 46.8 Å². The van der Waals surface area contributed by atoms with Gasteiger partial charge in [-0.1, -0.05) is 6.92 Å². The fourth-order valence-corrected chi connectivity index (χ4v) is 3.09. The van der Waals surface area contributed by atoms with Gasteiger partial charge in [0.2, 0.25) is 0 Å². The van der Waals surface area contributed by atoms with E-state index in [1.165, 1.54) is 10.7 Å². The summed E-state index contributed by atoms with van der Waals surface area (Å²) in [5.74, 6) is -2.16. The summed E-state index contributed by atoms with van der Waals surface area (Å²) in [5.41, 5.74) is 2.45. The fourth-order valence-electron chi connectivity index (χ4n) is 3.09. The summed E-state index contributed by atoms with van der Waals surface area (Å²) in [7, 11) is 0. The second-order valence-electron chi connectivity index (χ2n) is 6.24. The molecule has 0 saturated carbocycles. The molecule has 1 atom stereocenters. The van der Waals surface area contributed by atoms with Crippen molar-refractivity contribution in [2.45, 2.75) is 45.1 Å². The molecule has 0 aliphatic heterocycles. The van der Waals surface area contributed by atoms with Gasteiger partial charge in [0.25, 0.3) is 5.91 Å². The molecule has 7 heteroatoms. The molecule has 1 aliphatic rings. The lowest BCUT2D eigenvalue weighted by Crippen LogP contribution is -2.28. The summed E-state index contributed by atoms with van der Waals surface area (Å²) in [6.07, 6.45) is 3.05. The van der Waals surface area contributed by atoms with E-state index in [9.17, 15) is 18.7 Å². The summed E-state index contributed by atoms with van der Waals surface area (Å²) in [4.78, 5) is 12.4. The predicted octanol–water partition coefficient (Wildman–Crippen LogP) is 2.53. The first-order chi connectivity index (χ1) is 12.0. The van der Waals surface area contributed by atoms with Crippen LogP contribution in [0.25, 0.3) is 5.69 Å². The van der Waals surface area contributed by atoms with Crippen LogP contribution in [0.1, 0.15) is 47.9 Å². The second-order valence-corrected chi connectivity index (χ2v) is 6.24. The molecule has 5 nitrogen and oxygen atoms in total. The predicted molar refractivity (Wildman–Crippen MR) is 88.8 cm³/mol. The fraction of sp³-hybridized carbons (Fsp3) is 0.444. The van der Waals surface area contributed by atoms with E-state index in [1.54, 1.807) is 0 Å². The van der Waals surface area contributed by atoms with Crippen LogP contribution in [0.3, 0.4) is 0 Å². The minimum atomic E-state index is -0.945. The number of carbonyl (C=O) groups excluding carboxylic acids is 1. The van der Waals surface area contributed by atoms with Gasteiger partial charge in [0.1, 0.15) is 0 Å². The van der Waals surface area contributed by atoms with E-state index >= 15 is 0 Å². The molecule has 2 aromatic rings. The van der Waals surface area contributed by atoms with Gasteiger partial charge in [0, 0.05) is 23.9 Å². The highest BCUT2D eigenvalue weighted by atomic mass is 19.2. The van der Waals surface area contributed by atoms with Crippen LogP contribution in [0.5, 0.6) is 0 Å². The van der Waals surface area contributed by atoms with Gasteiger partial charge in [-0.3, -0.25) is 4.79 Å². The Kier molecular flexibility index (Phi) is 5.13. The van der Waals surface area contributed by atoms with Crippen molar-refractivity contribution >= 4 is 5.91 Å². The van der Waals surface area contributed by atoms with Crippen LogP contribution < -0.4 is 5.32 Å². The summed E-state index contributed by atoms with van der Waals surface area (Å²) < 4.78 is 28.2. The van der Waals surface area contributed by atoms with E-state index < -0.39 is 17.7 Å². The minimum absolute atomic E-state index is 0.303. The lowest BCUT2D eigenvalue weighted by molar-refractivity contribution is 0.0935. The van der Waals surface area contributed by atoms with E-state index in [0.717, 1.165) is 42.7 Å². The zero-order chi connectivity index (χ0) is 18.0. The Labute approximate surface area is 144 Å². The first kappa shape index (κ1) is 17.5. The Balaban J connectivity index is 1.84. The molecule has 1 aliphatic carbocycles. The largest absolute Gasteiger partial charge is 0.393 e. The molecule has 1 amide bonds. The third-order valence-corrected chi connectivity index (χ3v) is 4.53. The van der Waals surface area contributed by atoms with Crippen molar-refractivity contribution < 1.29 is 18.7 Å². The Morgan fingerprint density at radius 1 is 1.36 bits per heavy atom. The quantitative estimate of drug-likeness (QED) is 0.842. The number of aliphatic hydroxyl groups is 1. The monoisotopic (exact) mass is 349 g/mol. The number of aromatic nitrogens is 2. The van der Waals surface area contributed by atoms with E-state index in [0.29, 0.717) is 30.8 Å². The second kappa shape index (κ2) is 7.31. The number of halogens is 2. The number of hydrogen-bond acceptors (Lipinski definition) is 3. The van der Waals surface area contributed by atoms with Crippen molar-refractivity contribution in [3.63, 3.8) is 0 Å². The van der Waals surface area contributed by atoms with Gasteiger partial charge in [-0.15, -0.1) is 0 Å². The summed E-state index contributed by atoms with van der Waals surface area (Å²) >= 11 is 0. The van der Waals surface area contributed by atoms with Crippen LogP contribution >= 0.6 is 0 Å². The number of nitrogens with zero attached hydrogens (tertiary/aromatic N) is 2. The Morgan fingerprint density at radius 3 is 2.88 bits per heavy atom. The highest BCUT2D eigenvalue weighted by Gasteiger charge is 2.27. The number of benzene rings is 1. The smallest absolute Gasteiger partial charge is 0.272 e. The maximum absolute atomic E-state index is 13.5. The third kappa shape index (κ3) is 3.56. The minimum Gasteiger partial charge on any atom is -0.393 e. The molecular weight excluding hydrogens is 328 g/mol. The third-order valence-electron chi connectivity index (χ3n) is 4.53. The average Bonchev–Trinajstić information content (AvgIpc) is 3.19. The number of hydrogen-bond donors (Lipinski definition) is 2. The maximum Gasteiger partial charge on any atom is 0.272 e. The van der Waals surface area contributed by atoms with Crippen molar-refractivity contribution in [3.8, 4) is 5.69 Å². The molecule has 1 unspecified atom stereocenters. The highest BCUT2D eigenvalue weighted by molar-refractivity contribution is 5.94. The van der Waals surface area contributed by atoms with E-state index in [2.05, 4.69) is 10.4 Å². The Bertz CT molecular complexity index is 789. The van der Waals surface area contributed by atoms with Crippen LogP contribution in [-0.2, 0) is 12.8 Å². The number of aliphatic hydroxyl groups excluding tert-OH is 1. The Morgan fingerprint density at radius 2 is 2.16 bits per heavy atom. The summed E-state index contributed by atoms with van der Waals surface area (Å²) in [5, 5.41) is 16.7. The lowest BCUT2D eigenvalue weighted by Gasteiger charge is -2.08. The molecular formula is C18H21F2N3O2. The SMILES string of the molecule is CCC(O)CCNC(=O)c1nn(-c2ccc(F)c(F)c2)c2c1CCC2. The van der Waals surface area contributed by atoms with Crippen molar-refractivity contribution in [1.82, 2.24) is 15.1 Å². The number of amides is 1. The van der Waals surface area contributed by atoms with Crippen molar-refractivity contribution in [1.29, 1.82) is 0 Å². The van der Waals surface area contributed by atoms with Crippen LogP contribution in [0.4, 0.5) is 8.78 Å².